The van der Waals surface area contributed by atoms with Crippen LogP contribution in [-0.4, -0.2) is 125 Å². The Morgan fingerprint density at radius 2 is 1.16 bits per heavy atom. The molecule has 1 saturated carbocycles. The minimum atomic E-state index is -0.269. The maximum absolute atomic E-state index is 13.5. The summed E-state index contributed by atoms with van der Waals surface area (Å²) in [6, 6.07) is 0. The number of rotatable bonds is 23. The van der Waals surface area contributed by atoms with Crippen LogP contribution in [0, 0.1) is 11.8 Å². The molecular weight excluding hydrogens is 560 g/mol. The summed E-state index contributed by atoms with van der Waals surface area (Å²) in [5.74, 6) is -0.516. The molecule has 1 aliphatic carbocycles. The Balaban J connectivity index is 1.72. The van der Waals surface area contributed by atoms with Crippen LogP contribution in [0.2, 0.25) is 0 Å². The van der Waals surface area contributed by atoms with Gasteiger partial charge in [0.2, 0.25) is 17.7 Å². The molecular formula is C30H50N4O9. The average Bonchev–Trinajstić information content (AvgIpc) is 3.31. The van der Waals surface area contributed by atoms with Gasteiger partial charge in [-0.15, -0.1) is 0 Å². The van der Waals surface area contributed by atoms with Gasteiger partial charge in [0, 0.05) is 63.6 Å². The van der Waals surface area contributed by atoms with E-state index >= 15 is 0 Å². The molecule has 244 valence electrons. The molecule has 13 nitrogen and oxygen atoms in total. The summed E-state index contributed by atoms with van der Waals surface area (Å²) in [5.41, 5.74) is 0. The maximum Gasteiger partial charge on any atom is 0.253 e. The Hall–Kier alpha value is -2.87. The van der Waals surface area contributed by atoms with E-state index in [0.29, 0.717) is 111 Å². The van der Waals surface area contributed by atoms with E-state index in [2.05, 4.69) is 10.6 Å². The molecule has 0 aromatic carbocycles. The Kier molecular flexibility index (Phi) is 18.4. The van der Waals surface area contributed by atoms with E-state index in [0.717, 1.165) is 12.8 Å². The van der Waals surface area contributed by atoms with Crippen molar-refractivity contribution in [3.63, 3.8) is 0 Å². The zero-order valence-electron chi connectivity index (χ0n) is 25.8. The molecule has 0 radical (unpaired) electrons. The van der Waals surface area contributed by atoms with E-state index in [4.69, 9.17) is 18.9 Å². The maximum atomic E-state index is 13.5. The number of carbonyl (C=O) groups is 5. The van der Waals surface area contributed by atoms with Gasteiger partial charge < -0.3 is 34.5 Å². The second-order valence-electron chi connectivity index (χ2n) is 10.5. The van der Waals surface area contributed by atoms with Gasteiger partial charge in [0.15, 0.2) is 0 Å². The standard InChI is InChI=1S/C30H50N4O9/c1-3-31-26(35)11-15-40-19-21-42-17-13-33(14-18-43-22-20-41-16-12-27(36)32-4-2)30(39)25-7-5-24(6-8-25)23-34-28(37)9-10-29(34)38/h9-10,24-25H,3-8,11-23H2,1-2H3,(H,31,35)(H,32,36). The monoisotopic (exact) mass is 610 g/mol. The van der Waals surface area contributed by atoms with E-state index in [9.17, 15) is 24.0 Å². The molecule has 0 aromatic rings. The number of nitrogens with one attached hydrogen (secondary N) is 2. The van der Waals surface area contributed by atoms with Crippen molar-refractivity contribution in [3.05, 3.63) is 12.2 Å². The molecule has 0 unspecified atom stereocenters. The Labute approximate surface area is 255 Å². The van der Waals surface area contributed by atoms with Crippen molar-refractivity contribution in [2.75, 3.05) is 85.6 Å². The van der Waals surface area contributed by atoms with Crippen LogP contribution in [0.5, 0.6) is 0 Å². The fourth-order valence-electron chi connectivity index (χ4n) is 4.95. The lowest BCUT2D eigenvalue weighted by atomic mass is 9.81. The van der Waals surface area contributed by atoms with Gasteiger partial charge in [0.05, 0.1) is 52.9 Å². The Morgan fingerprint density at radius 1 is 0.721 bits per heavy atom. The molecule has 2 N–H and O–H groups in total. The van der Waals surface area contributed by atoms with Crippen LogP contribution in [0.1, 0.15) is 52.4 Å². The summed E-state index contributed by atoms with van der Waals surface area (Å²) >= 11 is 0. The van der Waals surface area contributed by atoms with Gasteiger partial charge in [-0.25, -0.2) is 0 Å². The van der Waals surface area contributed by atoms with Crippen molar-refractivity contribution < 1.29 is 42.9 Å². The summed E-state index contributed by atoms with van der Waals surface area (Å²) in [4.78, 5) is 63.3. The minimum absolute atomic E-state index is 0.0465. The fraction of sp³-hybridized carbons (Fsp3) is 0.767. The molecule has 0 spiro atoms. The zero-order valence-corrected chi connectivity index (χ0v) is 25.8. The number of hydrogen-bond donors (Lipinski definition) is 2. The van der Waals surface area contributed by atoms with Crippen LogP contribution in [0.15, 0.2) is 12.2 Å². The molecule has 0 bridgehead atoms. The van der Waals surface area contributed by atoms with Crippen LogP contribution in [0.4, 0.5) is 0 Å². The first-order valence-electron chi connectivity index (χ1n) is 15.5. The van der Waals surface area contributed by atoms with Crippen LogP contribution >= 0.6 is 0 Å². The van der Waals surface area contributed by atoms with Gasteiger partial charge in [-0.05, 0) is 45.4 Å². The molecule has 2 aliphatic rings. The van der Waals surface area contributed by atoms with Gasteiger partial charge in [-0.3, -0.25) is 28.9 Å². The third kappa shape index (κ3) is 14.9. The van der Waals surface area contributed by atoms with Crippen molar-refractivity contribution in [1.29, 1.82) is 0 Å². The third-order valence-corrected chi connectivity index (χ3v) is 7.30. The third-order valence-electron chi connectivity index (χ3n) is 7.30. The number of ether oxygens (including phenoxy) is 4. The number of nitrogens with zero attached hydrogens (tertiary/aromatic N) is 2. The summed E-state index contributed by atoms with van der Waals surface area (Å²) in [7, 11) is 0. The first-order chi connectivity index (χ1) is 20.8. The largest absolute Gasteiger partial charge is 0.379 e. The van der Waals surface area contributed by atoms with E-state index in [1.165, 1.54) is 17.1 Å². The number of carbonyl (C=O) groups excluding carboxylic acids is 5. The lowest BCUT2D eigenvalue weighted by Gasteiger charge is -2.33. The lowest BCUT2D eigenvalue weighted by Crippen LogP contribution is -2.42. The second kappa shape index (κ2) is 21.8. The van der Waals surface area contributed by atoms with E-state index in [-0.39, 0.29) is 41.4 Å². The molecule has 0 aromatic heterocycles. The van der Waals surface area contributed by atoms with E-state index < -0.39 is 0 Å². The van der Waals surface area contributed by atoms with Crippen molar-refractivity contribution in [2.24, 2.45) is 11.8 Å². The van der Waals surface area contributed by atoms with Gasteiger partial charge in [0.1, 0.15) is 0 Å². The quantitative estimate of drug-likeness (QED) is 0.126. The highest BCUT2D eigenvalue weighted by Crippen LogP contribution is 2.31. The highest BCUT2D eigenvalue weighted by atomic mass is 16.5. The van der Waals surface area contributed by atoms with Crippen molar-refractivity contribution in [3.8, 4) is 0 Å². The summed E-state index contributed by atoms with van der Waals surface area (Å²) in [6.45, 7) is 8.90. The fourth-order valence-corrected chi connectivity index (χ4v) is 4.95. The molecule has 13 heteroatoms. The molecule has 0 saturated heterocycles. The number of imide groups is 1. The van der Waals surface area contributed by atoms with E-state index in [1.807, 2.05) is 13.8 Å². The lowest BCUT2D eigenvalue weighted by molar-refractivity contribution is -0.141. The van der Waals surface area contributed by atoms with Crippen LogP contribution < -0.4 is 10.6 Å². The first-order valence-corrected chi connectivity index (χ1v) is 15.5. The zero-order chi connectivity index (χ0) is 31.3. The van der Waals surface area contributed by atoms with Crippen LogP contribution in [-0.2, 0) is 42.9 Å². The average molecular weight is 611 g/mol. The predicted octanol–water partition coefficient (Wildman–Crippen LogP) is 0.665. The molecule has 5 amide bonds. The van der Waals surface area contributed by atoms with Gasteiger partial charge in [-0.1, -0.05) is 0 Å². The molecule has 1 heterocycles. The van der Waals surface area contributed by atoms with Crippen molar-refractivity contribution in [2.45, 2.75) is 52.4 Å². The van der Waals surface area contributed by atoms with Crippen molar-refractivity contribution in [1.82, 2.24) is 20.4 Å². The summed E-state index contributed by atoms with van der Waals surface area (Å²) < 4.78 is 22.3. The van der Waals surface area contributed by atoms with Gasteiger partial charge >= 0.3 is 0 Å². The second-order valence-corrected chi connectivity index (χ2v) is 10.5. The van der Waals surface area contributed by atoms with Crippen molar-refractivity contribution >= 4 is 29.5 Å². The first kappa shape index (κ1) is 36.3. The molecule has 2 rings (SSSR count). The summed E-state index contributed by atoms with van der Waals surface area (Å²) in [5, 5.41) is 5.44. The SMILES string of the molecule is CCNC(=O)CCOCCOCCN(CCOCCOCCC(=O)NCC)C(=O)C1CCC(CN2C(=O)C=CC2=O)CC1. The molecule has 43 heavy (non-hydrogen) atoms. The minimum Gasteiger partial charge on any atom is -0.379 e. The predicted molar refractivity (Wildman–Crippen MR) is 158 cm³/mol. The number of amides is 5. The van der Waals surface area contributed by atoms with E-state index in [1.54, 1.807) is 4.90 Å². The topological polar surface area (TPSA) is 153 Å². The Morgan fingerprint density at radius 3 is 1.60 bits per heavy atom. The Bertz CT molecular complexity index is 854. The highest BCUT2D eigenvalue weighted by Gasteiger charge is 2.32. The molecule has 0 atom stereocenters. The number of hydrogen-bond acceptors (Lipinski definition) is 9. The smallest absolute Gasteiger partial charge is 0.253 e. The summed E-state index contributed by atoms with van der Waals surface area (Å²) in [6.07, 6.45) is 6.16. The van der Waals surface area contributed by atoms with Crippen LogP contribution in [0.3, 0.4) is 0 Å². The van der Waals surface area contributed by atoms with Gasteiger partial charge in [-0.2, -0.15) is 0 Å². The molecule has 1 fully saturated rings. The molecule has 1 aliphatic heterocycles. The normalized spacial score (nSPS) is 18.2. The highest BCUT2D eigenvalue weighted by molar-refractivity contribution is 6.12. The van der Waals surface area contributed by atoms with Gasteiger partial charge in [0.25, 0.3) is 11.8 Å². The van der Waals surface area contributed by atoms with Crippen LogP contribution in [0.25, 0.3) is 0 Å².